The molecule has 0 atom stereocenters. The van der Waals surface area contributed by atoms with Gasteiger partial charge in [0.05, 0.1) is 0 Å². The molecule has 1 fully saturated rings. The van der Waals surface area contributed by atoms with Crippen LogP contribution < -0.4 is 0 Å². The molecular weight excluding hydrogens is 167 g/mol. The molecule has 14 heavy (non-hydrogen) atoms. The Kier molecular flexibility index (Phi) is 3.72. The maximum atomic E-state index is 2.50. The minimum Gasteiger partial charge on any atom is -0.0669 e. The topological polar surface area (TPSA) is 0 Å². The quantitative estimate of drug-likeness (QED) is 0.557. The predicted octanol–water partition coefficient (Wildman–Crippen LogP) is 3.81. The Bertz CT molecular complexity index is 170. The van der Waals surface area contributed by atoms with Gasteiger partial charge in [0.25, 0.3) is 0 Å². The van der Waals surface area contributed by atoms with Crippen molar-refractivity contribution >= 4 is 7.85 Å². The molecule has 1 saturated carbocycles. The Labute approximate surface area is 91.3 Å². The highest BCUT2D eigenvalue weighted by molar-refractivity contribution is 6.14. The van der Waals surface area contributed by atoms with E-state index in [1.54, 1.807) is 0 Å². The fourth-order valence-corrected chi connectivity index (χ4v) is 2.77. The molecule has 0 heterocycles. The molecule has 0 spiro atoms. The third kappa shape index (κ3) is 3.03. The van der Waals surface area contributed by atoms with E-state index >= 15 is 0 Å². The first-order chi connectivity index (χ1) is 6.36. The Morgan fingerprint density at radius 1 is 0.929 bits per heavy atom. The van der Waals surface area contributed by atoms with E-state index in [0.717, 1.165) is 5.92 Å². The predicted molar refractivity (Wildman–Crippen MR) is 67.6 cm³/mol. The summed E-state index contributed by atoms with van der Waals surface area (Å²) in [5.74, 6) is 0.851. The fraction of sp³-hybridized carbons (Fsp3) is 1.00. The van der Waals surface area contributed by atoms with Crippen LogP contribution in [-0.2, 0) is 0 Å². The van der Waals surface area contributed by atoms with Crippen molar-refractivity contribution < 1.29 is 0 Å². The molecule has 1 aliphatic rings. The van der Waals surface area contributed by atoms with Gasteiger partial charge in [0.2, 0.25) is 0 Å². The molecule has 0 aromatic rings. The number of hydrogen-bond acceptors (Lipinski definition) is 0. The van der Waals surface area contributed by atoms with Crippen molar-refractivity contribution in [1.82, 2.24) is 0 Å². The van der Waals surface area contributed by atoms with Crippen LogP contribution in [0.15, 0.2) is 0 Å². The van der Waals surface area contributed by atoms with Crippen molar-refractivity contribution in [2.24, 2.45) is 11.3 Å². The van der Waals surface area contributed by atoms with Crippen molar-refractivity contribution in [1.29, 1.82) is 0 Å². The maximum absolute atomic E-state index is 2.50. The molecule has 1 rings (SSSR count). The largest absolute Gasteiger partial charge is 0.109 e. The third-order valence-corrected chi connectivity index (χ3v) is 4.60. The first-order valence-electron chi connectivity index (χ1n) is 6.36. The van der Waals surface area contributed by atoms with Crippen LogP contribution in [0.3, 0.4) is 0 Å². The van der Waals surface area contributed by atoms with Crippen LogP contribution in [0.5, 0.6) is 0 Å². The summed E-state index contributed by atoms with van der Waals surface area (Å²) in [7, 11) is 2.44. The fourth-order valence-electron chi connectivity index (χ4n) is 2.77. The highest BCUT2D eigenvalue weighted by Gasteiger charge is 2.31. The van der Waals surface area contributed by atoms with E-state index in [1.165, 1.54) is 38.5 Å². The lowest BCUT2D eigenvalue weighted by molar-refractivity contribution is 0.152. The lowest BCUT2D eigenvalue weighted by atomic mass is 9.60. The summed E-state index contributed by atoms with van der Waals surface area (Å²) in [5.41, 5.74) is 0.622. The monoisotopic (exact) mass is 194 g/mol. The second kappa shape index (κ2) is 4.29. The van der Waals surface area contributed by atoms with E-state index in [1.807, 2.05) is 0 Å². The number of rotatable bonds is 1. The Hall–Kier alpha value is 0.0649. The van der Waals surface area contributed by atoms with Crippen LogP contribution in [0.25, 0.3) is 0 Å². The second-order valence-electron chi connectivity index (χ2n) is 6.68. The van der Waals surface area contributed by atoms with E-state index in [-0.39, 0.29) is 0 Å². The van der Waals surface area contributed by atoms with Gasteiger partial charge in [-0.15, -0.1) is 0 Å². The summed E-state index contributed by atoms with van der Waals surface area (Å²) in [6, 6.07) is 0. The van der Waals surface area contributed by atoms with Gasteiger partial charge >= 0.3 is 0 Å². The van der Waals surface area contributed by atoms with Crippen LogP contribution >= 0.6 is 0 Å². The minimum absolute atomic E-state index is 0.609. The van der Waals surface area contributed by atoms with Gasteiger partial charge in [0.1, 0.15) is 7.85 Å². The van der Waals surface area contributed by atoms with Crippen LogP contribution in [0, 0.1) is 11.3 Å². The minimum atomic E-state index is 0.609. The van der Waals surface area contributed by atoms with E-state index < -0.39 is 0 Å². The normalized spacial score (nSPS) is 40.6. The summed E-state index contributed by atoms with van der Waals surface area (Å²) in [6.07, 6.45) is 8.59. The summed E-state index contributed by atoms with van der Waals surface area (Å²) >= 11 is 0. The van der Waals surface area contributed by atoms with Gasteiger partial charge in [-0.1, -0.05) is 58.7 Å². The van der Waals surface area contributed by atoms with Crippen LogP contribution in [0.2, 0.25) is 5.31 Å². The van der Waals surface area contributed by atoms with Crippen LogP contribution in [0.4, 0.5) is 0 Å². The molecule has 0 amide bonds. The highest BCUT2D eigenvalue weighted by atomic mass is 14.4. The summed E-state index contributed by atoms with van der Waals surface area (Å²) in [6.45, 7) is 9.72. The standard InChI is InChI=1S/C13H27B/c1-11(2)12(3)7-5-9-13(4,14)10-6-8-12/h11H,5-10,14H2,1-4H3. The molecule has 0 radical (unpaired) electrons. The molecule has 0 nitrogen and oxygen atoms in total. The van der Waals surface area contributed by atoms with Gasteiger partial charge in [0, 0.05) is 0 Å². The van der Waals surface area contributed by atoms with E-state index in [4.69, 9.17) is 0 Å². The van der Waals surface area contributed by atoms with Gasteiger partial charge < -0.3 is 0 Å². The van der Waals surface area contributed by atoms with Crippen molar-refractivity contribution in [2.45, 2.75) is 71.5 Å². The number of hydrogen-bond donors (Lipinski definition) is 0. The first-order valence-corrected chi connectivity index (χ1v) is 6.36. The van der Waals surface area contributed by atoms with Crippen LogP contribution in [0.1, 0.15) is 66.2 Å². The van der Waals surface area contributed by atoms with Gasteiger partial charge in [-0.25, -0.2) is 0 Å². The molecule has 0 unspecified atom stereocenters. The average Bonchev–Trinajstić information content (AvgIpc) is 2.00. The molecule has 1 heteroatoms. The van der Waals surface area contributed by atoms with E-state index in [9.17, 15) is 0 Å². The molecule has 82 valence electrons. The Morgan fingerprint density at radius 2 is 1.36 bits per heavy atom. The molecule has 0 saturated heterocycles. The SMILES string of the molecule is BC1(C)CCCC(C)(C(C)C)CCC1. The van der Waals surface area contributed by atoms with E-state index in [2.05, 4.69) is 35.5 Å². The molecule has 0 aliphatic heterocycles. The summed E-state index contributed by atoms with van der Waals surface area (Å²) in [5, 5.41) is 0.609. The molecule has 0 bridgehead atoms. The van der Waals surface area contributed by atoms with Crippen molar-refractivity contribution in [2.75, 3.05) is 0 Å². The summed E-state index contributed by atoms with van der Waals surface area (Å²) in [4.78, 5) is 0. The lowest BCUT2D eigenvalue weighted by Gasteiger charge is -2.39. The Balaban J connectivity index is 2.56. The molecule has 0 N–H and O–H groups in total. The van der Waals surface area contributed by atoms with Gasteiger partial charge in [-0.3, -0.25) is 0 Å². The molecule has 0 aromatic carbocycles. The van der Waals surface area contributed by atoms with Gasteiger partial charge in [-0.2, -0.15) is 0 Å². The molecule has 0 aromatic heterocycles. The van der Waals surface area contributed by atoms with Crippen molar-refractivity contribution in [3.05, 3.63) is 0 Å². The zero-order valence-corrected chi connectivity index (χ0v) is 10.8. The second-order valence-corrected chi connectivity index (χ2v) is 6.68. The lowest BCUT2D eigenvalue weighted by Crippen LogP contribution is -2.26. The average molecular weight is 194 g/mol. The summed E-state index contributed by atoms with van der Waals surface area (Å²) < 4.78 is 0. The highest BCUT2D eigenvalue weighted by Crippen LogP contribution is 2.45. The van der Waals surface area contributed by atoms with Crippen molar-refractivity contribution in [3.8, 4) is 0 Å². The first kappa shape index (κ1) is 12.1. The third-order valence-electron chi connectivity index (χ3n) is 4.60. The zero-order chi connectivity index (χ0) is 10.8. The smallest absolute Gasteiger partial charge is 0.0669 e. The van der Waals surface area contributed by atoms with Gasteiger partial charge in [-0.05, 0) is 24.2 Å². The molecule has 1 aliphatic carbocycles. The maximum Gasteiger partial charge on any atom is 0.109 e. The van der Waals surface area contributed by atoms with Crippen molar-refractivity contribution in [3.63, 3.8) is 0 Å². The zero-order valence-electron chi connectivity index (χ0n) is 10.8. The van der Waals surface area contributed by atoms with E-state index in [0.29, 0.717) is 10.7 Å². The Morgan fingerprint density at radius 3 is 1.71 bits per heavy atom. The van der Waals surface area contributed by atoms with Gasteiger partial charge in [0.15, 0.2) is 0 Å². The molecular formula is C13H27B. The van der Waals surface area contributed by atoms with Crippen LogP contribution in [-0.4, -0.2) is 7.85 Å².